The molecule has 3 unspecified atom stereocenters. The minimum absolute atomic E-state index is 0.0790. The van der Waals surface area contributed by atoms with Crippen molar-refractivity contribution in [3.05, 3.63) is 53.1 Å². The molecule has 2 heterocycles. The molecule has 3 aromatic rings. The molecule has 36 heavy (non-hydrogen) atoms. The summed E-state index contributed by atoms with van der Waals surface area (Å²) in [5, 5.41) is 1.38. The Kier molecular flexibility index (Phi) is 7.30. The molecule has 1 N–H and O–H groups in total. The smallest absolute Gasteiger partial charge is 0.262 e. The van der Waals surface area contributed by atoms with Gasteiger partial charge in [-0.05, 0) is 74.3 Å². The molecule has 1 fully saturated rings. The lowest BCUT2D eigenvalue weighted by molar-refractivity contribution is 0.0983. The highest BCUT2D eigenvalue weighted by atomic mass is 35.5. The van der Waals surface area contributed by atoms with Crippen molar-refractivity contribution >= 4 is 40.5 Å². The molecular formula is C29H36ClN3O2S. The molecule has 2 aromatic carbocycles. The molecule has 0 bridgehead atoms. The van der Waals surface area contributed by atoms with Gasteiger partial charge in [0, 0.05) is 57.9 Å². The standard InChI is InChI=1S/C29H36ClN3O2S/c1-6-8-17(9-7-2)25-21-12-10-18(29(34)31-36-32(3)4)14-24(21)33-16-23-26(27(23)30)22-15-19(35-5)11-13-20(22)28(25)33/h10-15,17,23,26-27H,6-9,16H2,1-5H3,(H,31,34). The summed E-state index contributed by atoms with van der Waals surface area (Å²) in [7, 11) is 5.55. The lowest BCUT2D eigenvalue weighted by Crippen LogP contribution is -2.20. The van der Waals surface area contributed by atoms with Crippen LogP contribution in [0.25, 0.3) is 22.2 Å². The number of halogens is 1. The Bertz CT molecular complexity index is 1280. The summed E-state index contributed by atoms with van der Waals surface area (Å²) in [5.74, 6) is 1.98. The molecule has 5 nitrogen and oxygen atoms in total. The number of hydrogen-bond acceptors (Lipinski definition) is 4. The van der Waals surface area contributed by atoms with Crippen LogP contribution in [0.1, 0.15) is 72.9 Å². The second kappa shape index (κ2) is 10.3. The number of benzene rings is 2. The first-order chi connectivity index (χ1) is 17.4. The number of carbonyl (C=O) groups excluding carboxylic acids is 1. The van der Waals surface area contributed by atoms with Crippen LogP contribution in [-0.2, 0) is 6.54 Å². The molecule has 1 aliphatic carbocycles. The van der Waals surface area contributed by atoms with Gasteiger partial charge in [-0.1, -0.05) is 32.8 Å². The zero-order valence-corrected chi connectivity index (χ0v) is 23.4. The Hall–Kier alpha value is -2.15. The van der Waals surface area contributed by atoms with Crippen LogP contribution in [-0.4, -0.2) is 41.4 Å². The fourth-order valence-electron chi connectivity index (χ4n) is 6.05. The Morgan fingerprint density at radius 3 is 2.61 bits per heavy atom. The first kappa shape index (κ1) is 25.5. The van der Waals surface area contributed by atoms with E-state index in [0.717, 1.165) is 43.5 Å². The lowest BCUT2D eigenvalue weighted by atomic mass is 9.85. The van der Waals surface area contributed by atoms with E-state index in [0.29, 0.717) is 23.3 Å². The number of amides is 1. The van der Waals surface area contributed by atoms with Crippen molar-refractivity contribution < 1.29 is 9.53 Å². The molecule has 2 aliphatic rings. The highest BCUT2D eigenvalue weighted by molar-refractivity contribution is 7.95. The Labute approximate surface area is 223 Å². The summed E-state index contributed by atoms with van der Waals surface area (Å²) in [6.07, 6.45) is 4.59. The molecule has 1 aromatic heterocycles. The Balaban J connectivity index is 1.74. The number of hydrogen-bond donors (Lipinski definition) is 1. The van der Waals surface area contributed by atoms with Crippen molar-refractivity contribution in [2.45, 2.75) is 63.3 Å². The van der Waals surface area contributed by atoms with Crippen LogP contribution in [0.5, 0.6) is 5.75 Å². The van der Waals surface area contributed by atoms with E-state index in [2.05, 4.69) is 53.5 Å². The molecule has 0 saturated heterocycles. The van der Waals surface area contributed by atoms with Crippen LogP contribution in [0.3, 0.4) is 0 Å². The maximum Gasteiger partial charge on any atom is 0.262 e. The van der Waals surface area contributed by atoms with Gasteiger partial charge in [0.25, 0.3) is 5.91 Å². The SMILES string of the molecule is CCCC(CCC)c1c2n(c3cc(C(=O)NSN(C)C)ccc13)CC1C(Cl)C1c1cc(OC)ccc1-2. The van der Waals surface area contributed by atoms with Crippen molar-refractivity contribution in [2.75, 3.05) is 21.2 Å². The largest absolute Gasteiger partial charge is 0.497 e. The van der Waals surface area contributed by atoms with Gasteiger partial charge in [0.05, 0.1) is 12.8 Å². The van der Waals surface area contributed by atoms with E-state index in [4.69, 9.17) is 16.3 Å². The fraction of sp³-hybridized carbons (Fsp3) is 0.483. The molecular weight excluding hydrogens is 490 g/mol. The number of nitrogens with zero attached hydrogens (tertiary/aromatic N) is 2. The van der Waals surface area contributed by atoms with Crippen molar-refractivity contribution in [3.8, 4) is 17.0 Å². The molecule has 7 heteroatoms. The van der Waals surface area contributed by atoms with E-state index in [-0.39, 0.29) is 11.3 Å². The predicted octanol–water partition coefficient (Wildman–Crippen LogP) is 7.19. The van der Waals surface area contributed by atoms with Crippen LogP contribution >= 0.6 is 23.7 Å². The summed E-state index contributed by atoms with van der Waals surface area (Å²) < 4.78 is 12.9. The van der Waals surface area contributed by atoms with E-state index in [1.807, 2.05) is 24.5 Å². The van der Waals surface area contributed by atoms with Gasteiger partial charge in [-0.15, -0.1) is 11.6 Å². The fourth-order valence-corrected chi connectivity index (χ4v) is 6.91. The van der Waals surface area contributed by atoms with E-state index in [1.54, 1.807) is 7.11 Å². The van der Waals surface area contributed by atoms with E-state index < -0.39 is 0 Å². The molecule has 0 spiro atoms. The van der Waals surface area contributed by atoms with Gasteiger partial charge in [0.1, 0.15) is 5.75 Å². The molecule has 3 atom stereocenters. The van der Waals surface area contributed by atoms with Gasteiger partial charge in [-0.2, -0.15) is 0 Å². The maximum absolute atomic E-state index is 13.0. The van der Waals surface area contributed by atoms with Gasteiger partial charge >= 0.3 is 0 Å². The van der Waals surface area contributed by atoms with Gasteiger partial charge < -0.3 is 9.30 Å². The zero-order chi connectivity index (χ0) is 25.6. The number of ether oxygens (including phenoxy) is 1. The van der Waals surface area contributed by atoms with Crippen LogP contribution in [0, 0.1) is 5.92 Å². The summed E-state index contributed by atoms with van der Waals surface area (Å²) >= 11 is 8.16. The zero-order valence-electron chi connectivity index (χ0n) is 21.8. The number of fused-ring (bicyclic) bond motifs is 7. The number of aromatic nitrogens is 1. The second-order valence-electron chi connectivity index (χ2n) is 10.3. The van der Waals surface area contributed by atoms with Crippen LogP contribution in [0.15, 0.2) is 36.4 Å². The van der Waals surface area contributed by atoms with Crippen LogP contribution in [0.2, 0.25) is 0 Å². The molecule has 5 rings (SSSR count). The van der Waals surface area contributed by atoms with E-state index >= 15 is 0 Å². The van der Waals surface area contributed by atoms with Gasteiger partial charge in [-0.25, -0.2) is 4.31 Å². The van der Waals surface area contributed by atoms with Gasteiger partial charge in [0.2, 0.25) is 0 Å². The first-order valence-electron chi connectivity index (χ1n) is 13.0. The average molecular weight is 526 g/mol. The second-order valence-corrected chi connectivity index (χ2v) is 11.9. The monoisotopic (exact) mass is 525 g/mol. The maximum atomic E-state index is 13.0. The number of nitrogens with one attached hydrogen (secondary N) is 1. The molecule has 0 radical (unpaired) electrons. The number of carbonyl (C=O) groups is 1. The Morgan fingerprint density at radius 2 is 1.94 bits per heavy atom. The van der Waals surface area contributed by atoms with Crippen molar-refractivity contribution in [3.63, 3.8) is 0 Å². The summed E-state index contributed by atoms with van der Waals surface area (Å²) in [4.78, 5) is 13.0. The molecule has 1 saturated carbocycles. The topological polar surface area (TPSA) is 46.5 Å². The van der Waals surface area contributed by atoms with Crippen molar-refractivity contribution in [2.24, 2.45) is 5.92 Å². The molecule has 192 valence electrons. The van der Waals surface area contributed by atoms with Gasteiger partial charge in [-0.3, -0.25) is 9.52 Å². The lowest BCUT2D eigenvalue weighted by Gasteiger charge is -2.20. The van der Waals surface area contributed by atoms with Crippen molar-refractivity contribution in [1.82, 2.24) is 13.6 Å². The Morgan fingerprint density at radius 1 is 1.19 bits per heavy atom. The number of methoxy groups -OCH3 is 1. The highest BCUT2D eigenvalue weighted by Gasteiger charge is 2.53. The minimum atomic E-state index is -0.0790. The predicted molar refractivity (Wildman–Crippen MR) is 151 cm³/mol. The highest BCUT2D eigenvalue weighted by Crippen LogP contribution is 2.59. The first-order valence-corrected chi connectivity index (χ1v) is 14.2. The van der Waals surface area contributed by atoms with Crippen molar-refractivity contribution in [1.29, 1.82) is 0 Å². The van der Waals surface area contributed by atoms with Crippen LogP contribution < -0.4 is 9.46 Å². The average Bonchev–Trinajstić information content (AvgIpc) is 3.44. The summed E-state index contributed by atoms with van der Waals surface area (Å²) in [6, 6.07) is 12.7. The quantitative estimate of drug-likeness (QED) is 0.237. The minimum Gasteiger partial charge on any atom is -0.497 e. The van der Waals surface area contributed by atoms with E-state index in [9.17, 15) is 4.79 Å². The van der Waals surface area contributed by atoms with E-state index in [1.165, 1.54) is 39.9 Å². The molecule has 1 amide bonds. The number of rotatable bonds is 9. The third-order valence-corrected chi connectivity index (χ3v) is 8.95. The van der Waals surface area contributed by atoms with Crippen LogP contribution in [0.4, 0.5) is 0 Å². The molecule has 1 aliphatic heterocycles. The number of alkyl halides is 1. The van der Waals surface area contributed by atoms with Gasteiger partial charge in [0.15, 0.2) is 0 Å². The third-order valence-electron chi connectivity index (χ3n) is 7.71. The summed E-state index contributed by atoms with van der Waals surface area (Å²) in [5.41, 5.74) is 7.13. The third kappa shape index (κ3) is 4.42. The summed E-state index contributed by atoms with van der Waals surface area (Å²) in [6.45, 7) is 5.41. The normalized spacial score (nSPS) is 20.2.